The van der Waals surface area contributed by atoms with E-state index < -0.39 is 27.5 Å². The van der Waals surface area contributed by atoms with Gasteiger partial charge in [0.15, 0.2) is 11.6 Å². The van der Waals surface area contributed by atoms with Gasteiger partial charge in [-0.25, -0.2) is 17.2 Å². The summed E-state index contributed by atoms with van der Waals surface area (Å²) >= 11 is 0. The predicted octanol–water partition coefficient (Wildman–Crippen LogP) is 0.879. The molecule has 2 N–H and O–H groups in total. The lowest BCUT2D eigenvalue weighted by Gasteiger charge is -2.10. The monoisotopic (exact) mass is 249 g/mol. The molecule has 16 heavy (non-hydrogen) atoms. The van der Waals surface area contributed by atoms with E-state index in [2.05, 4.69) is 0 Å². The summed E-state index contributed by atoms with van der Waals surface area (Å²) in [6.07, 6.45) is 1.28. The minimum atomic E-state index is -3.15. The molecule has 0 aromatic heterocycles. The molecule has 0 radical (unpaired) electrons. The number of nitrogens with two attached hydrogens (primary N) is 1. The number of sulfone groups is 1. The van der Waals surface area contributed by atoms with Crippen LogP contribution in [0.5, 0.6) is 0 Å². The molecule has 3 nitrogen and oxygen atoms in total. The molecule has 0 bridgehead atoms. The number of hydrogen-bond donors (Lipinski definition) is 1. The Morgan fingerprint density at radius 2 is 1.94 bits per heavy atom. The average molecular weight is 249 g/mol. The first-order chi connectivity index (χ1) is 7.28. The normalized spacial score (nSPS) is 13.8. The van der Waals surface area contributed by atoms with Crippen molar-refractivity contribution in [3.63, 3.8) is 0 Å². The first-order valence-corrected chi connectivity index (χ1v) is 6.71. The van der Waals surface area contributed by atoms with Gasteiger partial charge in [-0.1, -0.05) is 6.07 Å². The van der Waals surface area contributed by atoms with Crippen LogP contribution in [0.3, 0.4) is 0 Å². The quantitative estimate of drug-likeness (QED) is 0.861. The van der Waals surface area contributed by atoms with Crippen molar-refractivity contribution in [2.75, 3.05) is 12.0 Å². The Morgan fingerprint density at radius 3 is 2.44 bits per heavy atom. The molecule has 0 spiro atoms. The van der Waals surface area contributed by atoms with Gasteiger partial charge in [0.2, 0.25) is 0 Å². The molecule has 1 aromatic rings. The van der Waals surface area contributed by atoms with Gasteiger partial charge in [-0.2, -0.15) is 0 Å². The molecule has 0 aliphatic carbocycles. The SMILES string of the molecule is CS(=O)(=O)C[C@H](N)Cc1ccc(F)c(F)c1. The highest BCUT2D eigenvalue weighted by atomic mass is 32.2. The Hall–Kier alpha value is -1.01. The summed E-state index contributed by atoms with van der Waals surface area (Å²) in [5, 5.41) is 0. The molecule has 0 aliphatic rings. The maximum atomic E-state index is 12.8. The Morgan fingerprint density at radius 1 is 1.31 bits per heavy atom. The fraction of sp³-hybridized carbons (Fsp3) is 0.400. The van der Waals surface area contributed by atoms with E-state index in [1.54, 1.807) is 0 Å². The number of hydrogen-bond acceptors (Lipinski definition) is 3. The molecule has 1 rings (SSSR count). The van der Waals surface area contributed by atoms with E-state index in [4.69, 9.17) is 5.73 Å². The van der Waals surface area contributed by atoms with E-state index in [9.17, 15) is 17.2 Å². The minimum absolute atomic E-state index is 0.175. The Balaban J connectivity index is 2.70. The first-order valence-electron chi connectivity index (χ1n) is 4.65. The summed E-state index contributed by atoms with van der Waals surface area (Å²) in [5.74, 6) is -2.06. The molecule has 0 heterocycles. The summed E-state index contributed by atoms with van der Waals surface area (Å²) in [6.45, 7) is 0. The highest BCUT2D eigenvalue weighted by molar-refractivity contribution is 7.90. The van der Waals surface area contributed by atoms with Gasteiger partial charge >= 0.3 is 0 Å². The molecular formula is C10H13F2NO2S. The van der Waals surface area contributed by atoms with Crippen LogP contribution in [0.4, 0.5) is 8.78 Å². The lowest BCUT2D eigenvalue weighted by molar-refractivity contribution is 0.506. The summed E-state index contributed by atoms with van der Waals surface area (Å²) in [6, 6.07) is 2.80. The van der Waals surface area contributed by atoms with E-state index in [-0.39, 0.29) is 12.2 Å². The van der Waals surface area contributed by atoms with Crippen molar-refractivity contribution in [1.29, 1.82) is 0 Å². The van der Waals surface area contributed by atoms with Crippen LogP contribution in [-0.2, 0) is 16.3 Å². The third-order valence-corrected chi connectivity index (χ3v) is 3.03. The number of rotatable bonds is 4. The molecule has 6 heteroatoms. The average Bonchev–Trinajstić information content (AvgIpc) is 2.08. The van der Waals surface area contributed by atoms with Crippen LogP contribution in [-0.4, -0.2) is 26.5 Å². The van der Waals surface area contributed by atoms with E-state index in [0.717, 1.165) is 18.4 Å². The highest BCUT2D eigenvalue weighted by Crippen LogP contribution is 2.10. The van der Waals surface area contributed by atoms with Crippen molar-refractivity contribution < 1.29 is 17.2 Å². The van der Waals surface area contributed by atoms with Gasteiger partial charge in [0, 0.05) is 12.3 Å². The molecule has 0 fully saturated rings. The fourth-order valence-electron chi connectivity index (χ4n) is 1.42. The van der Waals surface area contributed by atoms with Crippen molar-refractivity contribution in [2.24, 2.45) is 5.73 Å². The Kier molecular flexibility index (Phi) is 3.98. The van der Waals surface area contributed by atoms with E-state index in [1.165, 1.54) is 6.07 Å². The zero-order valence-corrected chi connectivity index (χ0v) is 9.60. The van der Waals surface area contributed by atoms with Crippen LogP contribution in [0.1, 0.15) is 5.56 Å². The summed E-state index contributed by atoms with van der Waals surface area (Å²) in [7, 11) is -3.15. The van der Waals surface area contributed by atoms with Crippen LogP contribution in [0.15, 0.2) is 18.2 Å². The lowest BCUT2D eigenvalue weighted by atomic mass is 10.1. The zero-order valence-electron chi connectivity index (χ0n) is 8.78. The largest absolute Gasteiger partial charge is 0.326 e. The summed E-state index contributed by atoms with van der Waals surface area (Å²) in [4.78, 5) is 0. The second kappa shape index (κ2) is 4.88. The predicted molar refractivity (Wildman–Crippen MR) is 57.7 cm³/mol. The standard InChI is InChI=1S/C10H13F2NO2S/c1-16(14,15)6-8(13)4-7-2-3-9(11)10(12)5-7/h2-3,5,8H,4,6,13H2,1H3/t8-/m1/s1. The van der Waals surface area contributed by atoms with Crippen molar-refractivity contribution in [1.82, 2.24) is 0 Å². The first kappa shape index (κ1) is 13.1. The lowest BCUT2D eigenvalue weighted by Crippen LogP contribution is -2.31. The van der Waals surface area contributed by atoms with Crippen LogP contribution in [0, 0.1) is 11.6 Å². The van der Waals surface area contributed by atoms with Gasteiger partial charge in [0.1, 0.15) is 9.84 Å². The van der Waals surface area contributed by atoms with Crippen molar-refractivity contribution in [3.8, 4) is 0 Å². The summed E-state index contributed by atoms with van der Waals surface area (Å²) < 4.78 is 47.3. The minimum Gasteiger partial charge on any atom is -0.326 e. The third kappa shape index (κ3) is 4.24. The van der Waals surface area contributed by atoms with E-state index in [1.807, 2.05) is 0 Å². The van der Waals surface area contributed by atoms with Crippen LogP contribution in [0.2, 0.25) is 0 Å². The van der Waals surface area contributed by atoms with E-state index >= 15 is 0 Å². The fourth-order valence-corrected chi connectivity index (χ4v) is 2.31. The van der Waals surface area contributed by atoms with Gasteiger partial charge in [-0.05, 0) is 24.1 Å². The van der Waals surface area contributed by atoms with Crippen LogP contribution in [0.25, 0.3) is 0 Å². The van der Waals surface area contributed by atoms with Gasteiger partial charge in [0.25, 0.3) is 0 Å². The molecule has 0 unspecified atom stereocenters. The zero-order chi connectivity index (χ0) is 12.3. The molecular weight excluding hydrogens is 236 g/mol. The highest BCUT2D eigenvalue weighted by Gasteiger charge is 2.12. The molecule has 1 atom stereocenters. The van der Waals surface area contributed by atoms with Crippen LogP contribution >= 0.6 is 0 Å². The van der Waals surface area contributed by atoms with Crippen molar-refractivity contribution in [2.45, 2.75) is 12.5 Å². The molecule has 90 valence electrons. The molecule has 0 saturated carbocycles. The third-order valence-electron chi connectivity index (χ3n) is 2.00. The Labute approximate surface area is 93.2 Å². The summed E-state index contributed by atoms with van der Waals surface area (Å²) in [5.41, 5.74) is 6.07. The molecule has 0 saturated heterocycles. The van der Waals surface area contributed by atoms with Gasteiger partial charge in [-0.15, -0.1) is 0 Å². The van der Waals surface area contributed by atoms with Crippen molar-refractivity contribution in [3.05, 3.63) is 35.4 Å². The second-order valence-electron chi connectivity index (χ2n) is 3.81. The topological polar surface area (TPSA) is 60.2 Å². The van der Waals surface area contributed by atoms with Gasteiger partial charge in [-0.3, -0.25) is 0 Å². The Bertz CT molecular complexity index is 474. The number of halogens is 2. The van der Waals surface area contributed by atoms with Gasteiger partial charge < -0.3 is 5.73 Å². The maximum Gasteiger partial charge on any atom is 0.159 e. The second-order valence-corrected chi connectivity index (χ2v) is 5.99. The van der Waals surface area contributed by atoms with Gasteiger partial charge in [0.05, 0.1) is 5.75 Å². The van der Waals surface area contributed by atoms with E-state index in [0.29, 0.717) is 5.56 Å². The smallest absolute Gasteiger partial charge is 0.159 e. The maximum absolute atomic E-state index is 12.8. The molecule has 0 amide bonds. The van der Waals surface area contributed by atoms with Crippen LogP contribution < -0.4 is 5.73 Å². The molecule has 0 aliphatic heterocycles. The number of benzene rings is 1. The van der Waals surface area contributed by atoms with Crippen molar-refractivity contribution >= 4 is 9.84 Å². The molecule has 1 aromatic carbocycles.